The quantitative estimate of drug-likeness (QED) is 0.460. The molecule has 0 fully saturated rings. The Morgan fingerprint density at radius 2 is 1.35 bits per heavy atom. The Hall–Kier alpha value is -3.10. The number of rotatable bonds is 2. The van der Waals surface area contributed by atoms with E-state index in [2.05, 4.69) is 48.5 Å². The number of hydrogen-bond donors (Lipinski definition) is 2. The minimum atomic E-state index is -0.165. The summed E-state index contributed by atoms with van der Waals surface area (Å²) in [7, 11) is 0. The van der Waals surface area contributed by atoms with Crippen LogP contribution in [0.4, 0.5) is 0 Å². The highest BCUT2D eigenvalue weighted by molar-refractivity contribution is 6.02. The molecule has 0 spiro atoms. The fourth-order valence-electron chi connectivity index (χ4n) is 4.16. The van der Waals surface area contributed by atoms with Gasteiger partial charge in [-0.2, -0.15) is 0 Å². The van der Waals surface area contributed by atoms with E-state index in [-0.39, 0.29) is 12.4 Å². The van der Waals surface area contributed by atoms with Crippen LogP contribution in [0.1, 0.15) is 16.7 Å². The van der Waals surface area contributed by atoms with Crippen LogP contribution in [0.5, 0.6) is 5.75 Å². The van der Waals surface area contributed by atoms with Crippen LogP contribution in [-0.4, -0.2) is 10.2 Å². The van der Waals surface area contributed by atoms with Gasteiger partial charge in [0.1, 0.15) is 5.75 Å². The topological polar surface area (TPSA) is 40.5 Å². The zero-order valence-electron chi connectivity index (χ0n) is 14.2. The first-order valence-corrected chi connectivity index (χ1v) is 8.83. The predicted octanol–water partition coefficient (Wildman–Crippen LogP) is 5.28. The Kier molecular flexibility index (Phi) is 3.34. The molecule has 1 aliphatic carbocycles. The third kappa shape index (κ3) is 2.09. The molecule has 0 aliphatic heterocycles. The lowest BCUT2D eigenvalue weighted by atomic mass is 9.91. The van der Waals surface area contributed by atoms with Crippen molar-refractivity contribution in [3.8, 4) is 28.0 Å². The van der Waals surface area contributed by atoms with Gasteiger partial charge >= 0.3 is 0 Å². The van der Waals surface area contributed by atoms with Crippen LogP contribution in [-0.2, 0) is 13.0 Å². The number of hydrogen-bond acceptors (Lipinski definition) is 2. The SMILES string of the molecule is OCc1ccc2c(-c3cccc4c3Cc3ccccc3-4)cccc2c1O. The minimum Gasteiger partial charge on any atom is -0.507 e. The first-order chi connectivity index (χ1) is 12.8. The van der Waals surface area contributed by atoms with Gasteiger partial charge in [-0.1, -0.05) is 72.8 Å². The molecule has 126 valence electrons. The summed E-state index contributed by atoms with van der Waals surface area (Å²) in [6.07, 6.45) is 0.929. The van der Waals surface area contributed by atoms with Crippen molar-refractivity contribution < 1.29 is 10.2 Å². The summed E-state index contributed by atoms with van der Waals surface area (Å²) in [6.45, 7) is -0.165. The largest absolute Gasteiger partial charge is 0.507 e. The molecule has 0 heterocycles. The summed E-state index contributed by atoms with van der Waals surface area (Å²) in [6, 6.07) is 24.8. The van der Waals surface area contributed by atoms with E-state index in [4.69, 9.17) is 0 Å². The van der Waals surface area contributed by atoms with E-state index in [1.54, 1.807) is 6.07 Å². The fraction of sp³-hybridized carbons (Fsp3) is 0.0833. The summed E-state index contributed by atoms with van der Waals surface area (Å²) < 4.78 is 0. The van der Waals surface area contributed by atoms with Gasteiger partial charge in [0.2, 0.25) is 0 Å². The van der Waals surface area contributed by atoms with Crippen molar-refractivity contribution in [2.24, 2.45) is 0 Å². The van der Waals surface area contributed by atoms with Gasteiger partial charge < -0.3 is 10.2 Å². The minimum absolute atomic E-state index is 0.165. The number of phenols is 1. The van der Waals surface area contributed by atoms with Crippen LogP contribution in [0.25, 0.3) is 33.0 Å². The Morgan fingerprint density at radius 1 is 0.654 bits per heavy atom. The molecule has 0 radical (unpaired) electrons. The van der Waals surface area contributed by atoms with Crippen LogP contribution in [0.3, 0.4) is 0 Å². The van der Waals surface area contributed by atoms with Crippen LogP contribution in [0.15, 0.2) is 72.8 Å². The average molecular weight is 338 g/mol. The molecule has 4 aromatic carbocycles. The van der Waals surface area contributed by atoms with Gasteiger partial charge in [0, 0.05) is 10.9 Å². The van der Waals surface area contributed by atoms with Crippen molar-refractivity contribution in [3.63, 3.8) is 0 Å². The Bertz CT molecular complexity index is 1160. The molecule has 2 heteroatoms. The van der Waals surface area contributed by atoms with E-state index < -0.39 is 0 Å². The maximum atomic E-state index is 10.5. The van der Waals surface area contributed by atoms with E-state index in [1.807, 2.05) is 18.2 Å². The number of aliphatic hydroxyl groups is 1. The van der Waals surface area contributed by atoms with Crippen LogP contribution in [0, 0.1) is 0 Å². The Balaban J connectivity index is 1.77. The molecular formula is C24H18O2. The standard InChI is InChI=1S/C24H18O2/c25-14-16-11-12-21-19(8-4-10-22(21)24(16)26)20-9-3-7-18-17-6-2-1-5-15(17)13-23(18)20/h1-12,25-26H,13-14H2. The monoisotopic (exact) mass is 338 g/mol. The van der Waals surface area contributed by atoms with Crippen LogP contribution < -0.4 is 0 Å². The number of benzene rings is 4. The maximum Gasteiger partial charge on any atom is 0.128 e. The highest BCUT2D eigenvalue weighted by atomic mass is 16.3. The molecule has 4 aromatic rings. The molecule has 5 rings (SSSR count). The smallest absolute Gasteiger partial charge is 0.128 e. The van der Waals surface area contributed by atoms with E-state index >= 15 is 0 Å². The number of fused-ring (bicyclic) bond motifs is 4. The molecule has 0 atom stereocenters. The molecule has 0 unspecified atom stereocenters. The summed E-state index contributed by atoms with van der Waals surface area (Å²) >= 11 is 0. The van der Waals surface area contributed by atoms with Gasteiger partial charge in [-0.05, 0) is 45.2 Å². The molecule has 0 aromatic heterocycles. The molecule has 0 amide bonds. The van der Waals surface area contributed by atoms with E-state index in [9.17, 15) is 10.2 Å². The molecule has 0 bridgehead atoms. The summed E-state index contributed by atoms with van der Waals surface area (Å²) in [4.78, 5) is 0. The van der Waals surface area contributed by atoms with Crippen molar-refractivity contribution in [2.45, 2.75) is 13.0 Å². The summed E-state index contributed by atoms with van der Waals surface area (Å²) in [5.41, 5.74) is 8.20. The zero-order valence-corrected chi connectivity index (χ0v) is 14.2. The highest BCUT2D eigenvalue weighted by Crippen LogP contribution is 2.43. The lowest BCUT2D eigenvalue weighted by Crippen LogP contribution is -1.91. The fourth-order valence-corrected chi connectivity index (χ4v) is 4.16. The summed E-state index contributed by atoms with van der Waals surface area (Å²) in [5, 5.41) is 21.7. The van der Waals surface area contributed by atoms with Crippen molar-refractivity contribution in [2.75, 3.05) is 0 Å². The Labute approximate surface area is 152 Å². The lowest BCUT2D eigenvalue weighted by Gasteiger charge is -2.13. The number of aliphatic hydroxyl groups excluding tert-OH is 1. The average Bonchev–Trinajstić information content (AvgIpc) is 3.07. The first-order valence-electron chi connectivity index (χ1n) is 8.83. The van der Waals surface area contributed by atoms with Gasteiger partial charge in [0.05, 0.1) is 6.61 Å². The second-order valence-electron chi connectivity index (χ2n) is 6.80. The van der Waals surface area contributed by atoms with Crippen molar-refractivity contribution in [1.29, 1.82) is 0 Å². The highest BCUT2D eigenvalue weighted by Gasteiger charge is 2.22. The molecule has 2 N–H and O–H groups in total. The second-order valence-corrected chi connectivity index (χ2v) is 6.80. The van der Waals surface area contributed by atoms with Crippen LogP contribution >= 0.6 is 0 Å². The van der Waals surface area contributed by atoms with Gasteiger partial charge in [0.15, 0.2) is 0 Å². The zero-order chi connectivity index (χ0) is 17.7. The number of aromatic hydroxyl groups is 1. The van der Waals surface area contributed by atoms with Gasteiger partial charge in [0.25, 0.3) is 0 Å². The molecule has 2 nitrogen and oxygen atoms in total. The van der Waals surface area contributed by atoms with Crippen LogP contribution in [0.2, 0.25) is 0 Å². The molecule has 26 heavy (non-hydrogen) atoms. The van der Waals surface area contributed by atoms with Gasteiger partial charge in [-0.15, -0.1) is 0 Å². The maximum absolute atomic E-state index is 10.5. The van der Waals surface area contributed by atoms with Gasteiger partial charge in [-0.3, -0.25) is 0 Å². The second kappa shape index (κ2) is 5.72. The predicted molar refractivity (Wildman–Crippen MR) is 105 cm³/mol. The molecule has 0 saturated carbocycles. The first kappa shape index (κ1) is 15.2. The molecular weight excluding hydrogens is 320 g/mol. The van der Waals surface area contributed by atoms with Crippen molar-refractivity contribution in [1.82, 2.24) is 0 Å². The third-order valence-corrected chi connectivity index (χ3v) is 5.43. The lowest BCUT2D eigenvalue weighted by molar-refractivity contribution is 0.276. The van der Waals surface area contributed by atoms with E-state index in [0.29, 0.717) is 5.56 Å². The normalized spacial score (nSPS) is 12.2. The van der Waals surface area contributed by atoms with E-state index in [0.717, 1.165) is 22.8 Å². The van der Waals surface area contributed by atoms with Crippen molar-refractivity contribution >= 4 is 10.8 Å². The molecule has 1 aliphatic rings. The Morgan fingerprint density at radius 3 is 2.19 bits per heavy atom. The molecule has 0 saturated heterocycles. The van der Waals surface area contributed by atoms with Gasteiger partial charge in [-0.25, -0.2) is 0 Å². The summed E-state index contributed by atoms with van der Waals surface area (Å²) in [5.74, 6) is 0.169. The third-order valence-electron chi connectivity index (χ3n) is 5.43. The van der Waals surface area contributed by atoms with E-state index in [1.165, 1.54) is 27.8 Å². The van der Waals surface area contributed by atoms with Crippen molar-refractivity contribution in [3.05, 3.63) is 89.5 Å².